The van der Waals surface area contributed by atoms with Gasteiger partial charge in [-0.15, -0.1) is 0 Å². The number of phenolic OH excluding ortho intramolecular Hbond substituents is 1. The Hall–Kier alpha value is -3.46. The number of aromatic hydroxyl groups is 1. The van der Waals surface area contributed by atoms with Crippen molar-refractivity contribution < 1.29 is 24.9 Å². The average Bonchev–Trinajstić information content (AvgIpc) is 2.99. The molecule has 1 saturated heterocycles. The number of carbonyl (C=O) groups is 2. The molecule has 1 unspecified atom stereocenters. The number of nitrogens with two attached hydrogens (primary N) is 1. The topological polar surface area (TPSA) is 131 Å². The van der Waals surface area contributed by atoms with Gasteiger partial charge in [0.25, 0.3) is 0 Å². The van der Waals surface area contributed by atoms with Crippen molar-refractivity contribution in [3.63, 3.8) is 0 Å². The van der Waals surface area contributed by atoms with Crippen LogP contribution in [0, 0.1) is 11.8 Å². The number of likely N-dealkylation sites (tertiary alicyclic amines) is 1. The zero-order valence-electron chi connectivity index (χ0n) is 27.1. The number of rotatable bonds is 6. The van der Waals surface area contributed by atoms with Crippen molar-refractivity contribution >= 4 is 39.6 Å². The summed E-state index contributed by atoms with van der Waals surface area (Å²) < 4.78 is 0. The molecule has 0 bridgehead atoms. The molecule has 2 aromatic rings. The van der Waals surface area contributed by atoms with E-state index < -0.39 is 28.8 Å². The van der Waals surface area contributed by atoms with Gasteiger partial charge in [0, 0.05) is 0 Å². The van der Waals surface area contributed by atoms with Gasteiger partial charge in [0.15, 0.2) is 0 Å². The average molecular weight is 643 g/mol. The number of amides is 1. The number of hydrogen-bond donors (Lipinski definition) is 4. The number of carbonyl (C=O) groups excluding carboxylic acids is 2. The van der Waals surface area contributed by atoms with Gasteiger partial charge in [-0.25, -0.2) is 0 Å². The van der Waals surface area contributed by atoms with Gasteiger partial charge >= 0.3 is 220 Å². The van der Waals surface area contributed by atoms with E-state index in [9.17, 15) is 24.9 Å². The fourth-order valence-electron chi connectivity index (χ4n) is 8.68. The van der Waals surface area contributed by atoms with E-state index in [1.807, 2.05) is 25.1 Å². The van der Waals surface area contributed by atoms with Crippen LogP contribution in [0.25, 0.3) is 0 Å². The number of aliphatic hydroxyl groups is 2. The first-order chi connectivity index (χ1) is 21.8. The van der Waals surface area contributed by atoms with Gasteiger partial charge in [-0.1, -0.05) is 30.3 Å². The summed E-state index contributed by atoms with van der Waals surface area (Å²) in [5.74, 6) is -1.99. The van der Waals surface area contributed by atoms with E-state index in [1.165, 1.54) is 5.56 Å². The Bertz CT molecular complexity index is 1680. The quantitative estimate of drug-likeness (QED) is 0.280. The number of ketones is 1. The minimum absolute atomic E-state index is 0.0949. The molecule has 1 aliphatic heterocycles. The Morgan fingerprint density at radius 1 is 1.09 bits per heavy atom. The van der Waals surface area contributed by atoms with Crippen LogP contribution in [0.4, 0.5) is 5.69 Å². The molecule has 242 valence electrons. The van der Waals surface area contributed by atoms with Crippen LogP contribution >= 0.6 is 9.24 Å². The van der Waals surface area contributed by atoms with E-state index in [-0.39, 0.29) is 45.4 Å². The fourth-order valence-corrected chi connectivity index (χ4v) is 9.30. The second-order valence-corrected chi connectivity index (χ2v) is 14.7. The van der Waals surface area contributed by atoms with Crippen molar-refractivity contribution in [3.05, 3.63) is 81.3 Å². The van der Waals surface area contributed by atoms with Crippen LogP contribution in [0.2, 0.25) is 0 Å². The van der Waals surface area contributed by atoms with E-state index >= 15 is 0 Å². The molecule has 0 saturated carbocycles. The third-order valence-electron chi connectivity index (χ3n) is 10.8. The number of aliphatic hydroxyl groups excluding tert-OH is 2. The minimum atomic E-state index is -1.30. The Morgan fingerprint density at radius 3 is 2.33 bits per heavy atom. The number of nitrogens with zero attached hydrogens (tertiary/aromatic N) is 3. The summed E-state index contributed by atoms with van der Waals surface area (Å²) in [7, 11) is 14.2. The van der Waals surface area contributed by atoms with Crippen molar-refractivity contribution in [1.29, 1.82) is 0 Å². The molecule has 0 radical (unpaired) electrons. The molecule has 1 heterocycles. The number of anilines is 1. The van der Waals surface area contributed by atoms with Crippen molar-refractivity contribution in [3.8, 4) is 5.75 Å². The molecule has 4 aliphatic rings. The number of phenols is 1. The van der Waals surface area contributed by atoms with E-state index in [4.69, 9.17) is 5.73 Å². The monoisotopic (exact) mass is 642 g/mol. The van der Waals surface area contributed by atoms with Crippen LogP contribution < -0.4 is 10.6 Å². The van der Waals surface area contributed by atoms with Crippen LogP contribution in [0.1, 0.15) is 52.2 Å². The number of benzene rings is 2. The number of likely N-dealkylation sites (N-methyl/N-ethyl adjacent to an activating group) is 1. The van der Waals surface area contributed by atoms with Gasteiger partial charge in [0.1, 0.15) is 0 Å². The number of primary amides is 1. The standard InChI is InChI=1S/C35H44BN4O5P/c1-38(2)28-21(17-40-12-10-19(11-13-40)18-8-6-5-7-9-18)16-24(41)26-22(28)14-20-15-23-29(39(3)4)31(43)27(34(37)45)32(36)35(23,46)33(44)25(20)30(26)42/h5-9,16,19-20,23,29,36,41,43-44H,10-15,17,46H2,1-4H3,(H2,37,45)/t20-,23-,29-,35+/m0/s1. The summed E-state index contributed by atoms with van der Waals surface area (Å²) in [6.45, 7) is 2.52. The van der Waals surface area contributed by atoms with E-state index in [1.54, 1.807) is 25.1 Å². The van der Waals surface area contributed by atoms with Crippen molar-refractivity contribution in [1.82, 2.24) is 9.80 Å². The molecule has 46 heavy (non-hydrogen) atoms. The first kappa shape index (κ1) is 32.5. The Morgan fingerprint density at radius 2 is 1.74 bits per heavy atom. The Kier molecular flexibility index (Phi) is 8.45. The number of hydrogen-bond acceptors (Lipinski definition) is 8. The van der Waals surface area contributed by atoms with Gasteiger partial charge in [-0.05, 0) is 24.3 Å². The Labute approximate surface area is 274 Å². The molecule has 11 heteroatoms. The molecule has 5 N–H and O–H groups in total. The normalized spacial score (nSPS) is 27.0. The molecule has 1 amide bonds. The second kappa shape index (κ2) is 12.0. The number of Topliss-reactive ketones (excluding diaryl/α,β-unsaturated/α-hetero) is 1. The predicted molar refractivity (Wildman–Crippen MR) is 186 cm³/mol. The first-order valence-electron chi connectivity index (χ1n) is 16.0. The van der Waals surface area contributed by atoms with Crippen molar-refractivity contribution in [2.24, 2.45) is 17.6 Å². The number of piperidine rings is 1. The van der Waals surface area contributed by atoms with Gasteiger partial charge in [0.2, 0.25) is 0 Å². The number of fused-ring (bicyclic) bond motifs is 3. The van der Waals surface area contributed by atoms with E-state index in [0.29, 0.717) is 25.3 Å². The zero-order valence-corrected chi connectivity index (χ0v) is 28.2. The SMILES string of the molecule is B=C1C(C(N)=O)=C(O)[C@@H](N(C)C)[C@@H]2C[C@@H]3Cc4c(c(O)cc(CN5CCC(c6ccccc6)CC5)c4N(C)C)C(=O)C3=C(O)[C@]12P. The van der Waals surface area contributed by atoms with Crippen molar-refractivity contribution in [2.45, 2.75) is 49.3 Å². The summed E-state index contributed by atoms with van der Waals surface area (Å²) in [5.41, 5.74) is 10.2. The van der Waals surface area contributed by atoms with Crippen LogP contribution in [-0.2, 0) is 17.8 Å². The zero-order chi connectivity index (χ0) is 33.2. The maximum absolute atomic E-state index is 14.3. The molecule has 3 aliphatic carbocycles. The molecular weight excluding hydrogens is 598 g/mol. The maximum atomic E-state index is 14.3. The first-order valence-corrected chi connectivity index (χ1v) is 16.5. The molecule has 2 aromatic carbocycles. The predicted octanol–water partition coefficient (Wildman–Crippen LogP) is 2.95. The molecule has 5 atom stereocenters. The molecular formula is C35H44BN4O5P. The third-order valence-corrected chi connectivity index (χ3v) is 11.8. The van der Waals surface area contributed by atoms with Crippen LogP contribution in [0.5, 0.6) is 5.75 Å². The summed E-state index contributed by atoms with van der Waals surface area (Å²) in [6.07, 6.45) is 2.99. The summed E-state index contributed by atoms with van der Waals surface area (Å²) >= 11 is 0. The molecule has 1 fully saturated rings. The molecule has 0 aromatic heterocycles. The molecule has 9 nitrogen and oxygen atoms in total. The summed E-state index contributed by atoms with van der Waals surface area (Å²) in [5, 5.41) is 33.4. The van der Waals surface area contributed by atoms with Gasteiger partial charge in [-0.2, -0.15) is 0 Å². The fraction of sp³-hybridized carbons (Fsp3) is 0.457. The van der Waals surface area contributed by atoms with E-state index in [2.05, 4.69) is 45.9 Å². The van der Waals surface area contributed by atoms with Crippen molar-refractivity contribution in [2.75, 3.05) is 46.2 Å². The molecule has 0 spiro atoms. The Balaban J connectivity index is 1.38. The summed E-state index contributed by atoms with van der Waals surface area (Å²) in [4.78, 5) is 33.1. The molecule has 6 rings (SSSR count). The second-order valence-electron chi connectivity index (χ2n) is 13.8. The van der Waals surface area contributed by atoms with Crippen LogP contribution in [0.3, 0.4) is 0 Å². The van der Waals surface area contributed by atoms with Crippen LogP contribution in [0.15, 0.2) is 59.1 Å². The number of allylic oxidation sites excluding steroid dienone is 2. The van der Waals surface area contributed by atoms with Gasteiger partial charge in [-0.3, -0.25) is 0 Å². The summed E-state index contributed by atoms with van der Waals surface area (Å²) in [6, 6.07) is 11.7. The van der Waals surface area contributed by atoms with E-state index in [0.717, 1.165) is 42.7 Å². The van der Waals surface area contributed by atoms with Gasteiger partial charge < -0.3 is 0 Å². The third kappa shape index (κ3) is 5.01. The van der Waals surface area contributed by atoms with Crippen LogP contribution in [-0.4, -0.2) is 102 Å². The van der Waals surface area contributed by atoms with Gasteiger partial charge in [0.05, 0.1) is 0 Å².